The molecule has 21 heavy (non-hydrogen) atoms. The summed E-state index contributed by atoms with van der Waals surface area (Å²) in [6, 6.07) is 7.81. The maximum absolute atomic E-state index is 11.4. The van der Waals surface area contributed by atoms with Gasteiger partial charge in [-0.05, 0) is 24.1 Å². The average Bonchev–Trinajstić information content (AvgIpc) is 2.72. The molecule has 1 saturated heterocycles. The topological polar surface area (TPSA) is 56.6 Å². The number of ether oxygens (including phenoxy) is 1. The summed E-state index contributed by atoms with van der Waals surface area (Å²) >= 11 is 0. The van der Waals surface area contributed by atoms with Crippen molar-refractivity contribution >= 4 is 5.91 Å². The lowest BCUT2D eigenvalue weighted by Gasteiger charge is -2.21. The third-order valence-electron chi connectivity index (χ3n) is 3.83. The standard InChI is InChI=1S/C16H21N3O2/c1-13(20)19-7-3-6-18(8-9-19)12-14-4-5-15(11-17)16(10-14)21-2/h4-5,10H,3,6-9,12H2,1-2H3. The van der Waals surface area contributed by atoms with E-state index in [1.54, 1.807) is 20.1 Å². The molecule has 1 aliphatic rings. The summed E-state index contributed by atoms with van der Waals surface area (Å²) in [5.74, 6) is 0.770. The minimum absolute atomic E-state index is 0.150. The average molecular weight is 287 g/mol. The number of hydrogen-bond donors (Lipinski definition) is 0. The van der Waals surface area contributed by atoms with Crippen molar-refractivity contribution in [1.29, 1.82) is 5.26 Å². The van der Waals surface area contributed by atoms with Crippen molar-refractivity contribution in [3.63, 3.8) is 0 Å². The lowest BCUT2D eigenvalue weighted by molar-refractivity contribution is -0.128. The Kier molecular flexibility index (Phi) is 5.18. The number of nitrogens with zero attached hydrogens (tertiary/aromatic N) is 3. The number of carbonyl (C=O) groups excluding carboxylic acids is 1. The summed E-state index contributed by atoms with van der Waals surface area (Å²) < 4.78 is 5.25. The second-order valence-electron chi connectivity index (χ2n) is 5.28. The van der Waals surface area contributed by atoms with Crippen molar-refractivity contribution in [3.05, 3.63) is 29.3 Å². The van der Waals surface area contributed by atoms with E-state index in [4.69, 9.17) is 10.00 Å². The van der Waals surface area contributed by atoms with Gasteiger partial charge in [0.1, 0.15) is 11.8 Å². The van der Waals surface area contributed by atoms with Crippen LogP contribution in [0.5, 0.6) is 5.75 Å². The summed E-state index contributed by atoms with van der Waals surface area (Å²) in [4.78, 5) is 15.7. The number of amides is 1. The summed E-state index contributed by atoms with van der Waals surface area (Å²) in [5.41, 5.74) is 1.68. The van der Waals surface area contributed by atoms with Crippen LogP contribution in [0.3, 0.4) is 0 Å². The zero-order valence-corrected chi connectivity index (χ0v) is 12.6. The Morgan fingerprint density at radius 2 is 2.14 bits per heavy atom. The van der Waals surface area contributed by atoms with Crippen LogP contribution in [0, 0.1) is 11.3 Å². The van der Waals surface area contributed by atoms with Crippen molar-refractivity contribution in [3.8, 4) is 11.8 Å². The third-order valence-corrected chi connectivity index (χ3v) is 3.83. The highest BCUT2D eigenvalue weighted by Gasteiger charge is 2.17. The van der Waals surface area contributed by atoms with Crippen molar-refractivity contribution in [1.82, 2.24) is 9.80 Å². The summed E-state index contributed by atoms with van der Waals surface area (Å²) in [7, 11) is 1.58. The molecule has 0 atom stereocenters. The molecule has 5 heteroatoms. The molecule has 0 bridgehead atoms. The predicted molar refractivity (Wildman–Crippen MR) is 79.9 cm³/mol. The van der Waals surface area contributed by atoms with E-state index in [0.717, 1.165) is 44.7 Å². The second-order valence-corrected chi connectivity index (χ2v) is 5.28. The van der Waals surface area contributed by atoms with E-state index in [1.165, 1.54) is 0 Å². The first-order valence-corrected chi connectivity index (χ1v) is 7.19. The molecule has 0 aliphatic carbocycles. The van der Waals surface area contributed by atoms with Crippen LogP contribution in [0.2, 0.25) is 0 Å². The first-order chi connectivity index (χ1) is 10.1. The molecule has 1 aliphatic heterocycles. The van der Waals surface area contributed by atoms with Gasteiger partial charge in [0.15, 0.2) is 0 Å². The Hall–Kier alpha value is -2.06. The van der Waals surface area contributed by atoms with E-state index in [1.807, 2.05) is 17.0 Å². The predicted octanol–water partition coefficient (Wildman–Crippen LogP) is 1.62. The largest absolute Gasteiger partial charge is 0.495 e. The molecule has 112 valence electrons. The van der Waals surface area contributed by atoms with Crippen molar-refractivity contribution in [2.75, 3.05) is 33.3 Å². The molecule has 2 rings (SSSR count). The van der Waals surface area contributed by atoms with Gasteiger partial charge < -0.3 is 9.64 Å². The van der Waals surface area contributed by atoms with Crippen LogP contribution in [0.15, 0.2) is 18.2 Å². The summed E-state index contributed by atoms with van der Waals surface area (Å²) in [6.07, 6.45) is 0.993. The first-order valence-electron chi connectivity index (χ1n) is 7.19. The second kappa shape index (κ2) is 7.09. The number of benzene rings is 1. The lowest BCUT2D eigenvalue weighted by Crippen LogP contribution is -2.33. The lowest BCUT2D eigenvalue weighted by atomic mass is 10.1. The molecule has 0 saturated carbocycles. The van der Waals surface area contributed by atoms with Crippen LogP contribution in [-0.2, 0) is 11.3 Å². The van der Waals surface area contributed by atoms with Crippen molar-refractivity contribution in [2.45, 2.75) is 19.9 Å². The van der Waals surface area contributed by atoms with Crippen molar-refractivity contribution in [2.24, 2.45) is 0 Å². The zero-order valence-electron chi connectivity index (χ0n) is 12.6. The molecule has 1 aromatic rings. The highest BCUT2D eigenvalue weighted by Crippen LogP contribution is 2.20. The Labute approximate surface area is 125 Å². The van der Waals surface area contributed by atoms with Crippen LogP contribution in [0.4, 0.5) is 0 Å². The number of rotatable bonds is 3. The van der Waals surface area contributed by atoms with Crippen LogP contribution in [0.1, 0.15) is 24.5 Å². The minimum Gasteiger partial charge on any atom is -0.495 e. The molecule has 0 N–H and O–H groups in total. The maximum Gasteiger partial charge on any atom is 0.219 e. The van der Waals surface area contributed by atoms with E-state index >= 15 is 0 Å². The molecule has 0 aromatic heterocycles. The van der Waals surface area contributed by atoms with E-state index < -0.39 is 0 Å². The van der Waals surface area contributed by atoms with Gasteiger partial charge in [0, 0.05) is 39.6 Å². The van der Waals surface area contributed by atoms with Gasteiger partial charge in [0.05, 0.1) is 12.7 Å². The number of nitriles is 1. The molecule has 0 unspecified atom stereocenters. The smallest absolute Gasteiger partial charge is 0.219 e. The third kappa shape index (κ3) is 3.96. The van der Waals surface area contributed by atoms with Gasteiger partial charge in [0.25, 0.3) is 0 Å². The van der Waals surface area contributed by atoms with Gasteiger partial charge in [-0.25, -0.2) is 0 Å². The van der Waals surface area contributed by atoms with E-state index in [2.05, 4.69) is 11.0 Å². The molecule has 1 aromatic carbocycles. The molecule has 0 radical (unpaired) electrons. The monoisotopic (exact) mass is 287 g/mol. The van der Waals surface area contributed by atoms with E-state index in [9.17, 15) is 4.79 Å². The summed E-state index contributed by atoms with van der Waals surface area (Å²) in [6.45, 7) is 5.91. The Bertz CT molecular complexity index is 551. The summed E-state index contributed by atoms with van der Waals surface area (Å²) in [5, 5.41) is 9.00. The van der Waals surface area contributed by atoms with Crippen LogP contribution in [-0.4, -0.2) is 49.0 Å². The first kappa shape index (κ1) is 15.3. The molecule has 1 fully saturated rings. The van der Waals surface area contributed by atoms with Gasteiger partial charge in [-0.3, -0.25) is 9.69 Å². The highest BCUT2D eigenvalue weighted by atomic mass is 16.5. The fourth-order valence-corrected chi connectivity index (χ4v) is 2.63. The van der Waals surface area contributed by atoms with Crippen molar-refractivity contribution < 1.29 is 9.53 Å². The molecular formula is C16H21N3O2. The van der Waals surface area contributed by atoms with Gasteiger partial charge >= 0.3 is 0 Å². The molecule has 1 heterocycles. The molecule has 0 spiro atoms. The SMILES string of the molecule is COc1cc(CN2CCCN(C(C)=O)CC2)ccc1C#N. The van der Waals surface area contributed by atoms with E-state index in [0.29, 0.717) is 11.3 Å². The Balaban J connectivity index is 2.02. The number of carbonyl (C=O) groups is 1. The number of hydrogen-bond acceptors (Lipinski definition) is 4. The zero-order chi connectivity index (χ0) is 15.2. The van der Waals surface area contributed by atoms with Crippen LogP contribution < -0.4 is 4.74 Å². The fourth-order valence-electron chi connectivity index (χ4n) is 2.63. The van der Waals surface area contributed by atoms with E-state index in [-0.39, 0.29) is 5.91 Å². The number of methoxy groups -OCH3 is 1. The molecular weight excluding hydrogens is 266 g/mol. The Morgan fingerprint density at radius 1 is 1.33 bits per heavy atom. The van der Waals surface area contributed by atoms with Gasteiger partial charge in [-0.1, -0.05) is 6.07 Å². The van der Waals surface area contributed by atoms with Gasteiger partial charge in [0.2, 0.25) is 5.91 Å². The maximum atomic E-state index is 11.4. The molecule has 5 nitrogen and oxygen atoms in total. The fraction of sp³-hybridized carbons (Fsp3) is 0.500. The van der Waals surface area contributed by atoms with Crippen LogP contribution >= 0.6 is 0 Å². The normalized spacial score (nSPS) is 16.1. The minimum atomic E-state index is 0.150. The van der Waals surface area contributed by atoms with Gasteiger partial charge in [-0.2, -0.15) is 5.26 Å². The quantitative estimate of drug-likeness (QED) is 0.847. The molecule has 1 amide bonds. The Morgan fingerprint density at radius 3 is 2.81 bits per heavy atom. The van der Waals surface area contributed by atoms with Crippen LogP contribution in [0.25, 0.3) is 0 Å². The highest BCUT2D eigenvalue weighted by molar-refractivity contribution is 5.73. The van der Waals surface area contributed by atoms with Gasteiger partial charge in [-0.15, -0.1) is 0 Å².